The molecule has 138 heavy (non-hydrogen) atoms. The maximum absolute atomic E-state index is 6.19. The van der Waals surface area contributed by atoms with Crippen LogP contribution in [0.2, 0.25) is 0 Å². The number of halogens is 4. The monoisotopic (exact) mass is 2220 g/mol. The summed E-state index contributed by atoms with van der Waals surface area (Å²) < 4.78 is 1.12. The van der Waals surface area contributed by atoms with Crippen LogP contribution in [0.25, 0.3) is 5.57 Å². The second-order valence-corrected chi connectivity index (χ2v) is 69.2. The van der Waals surface area contributed by atoms with E-state index in [9.17, 15) is 0 Å². The van der Waals surface area contributed by atoms with E-state index in [1.54, 1.807) is 270 Å². The average Bonchev–Trinajstić information content (AvgIpc) is 1.52. The number of benzene rings is 11. The van der Waals surface area contributed by atoms with Crippen molar-refractivity contribution in [3.05, 3.63) is 350 Å². The molecular formula is C125H157Cl4P7Ru2+2. The molecule has 2 atom stereocenters. The fraction of sp³-hybridized carbons (Fsp3) is 0.448. The minimum atomic E-state index is -1.88. The summed E-state index contributed by atoms with van der Waals surface area (Å²) in [6.07, 6.45) is 72.2. The van der Waals surface area contributed by atoms with Crippen molar-refractivity contribution in [2.75, 3.05) is 0 Å². The van der Waals surface area contributed by atoms with Crippen LogP contribution in [0.4, 0.5) is 0 Å². The van der Waals surface area contributed by atoms with Crippen LogP contribution in [0.3, 0.4) is 0 Å². The minimum absolute atomic E-state index is 0.0712. The Morgan fingerprint density at radius 3 is 0.616 bits per heavy atom. The third kappa shape index (κ3) is 31.1. The van der Waals surface area contributed by atoms with Gasteiger partial charge in [0.2, 0.25) is 0 Å². The summed E-state index contributed by atoms with van der Waals surface area (Å²) in [4.78, 5) is 0. The van der Waals surface area contributed by atoms with Crippen molar-refractivity contribution in [1.29, 1.82) is 0 Å². The van der Waals surface area contributed by atoms with E-state index in [1.165, 1.54) is 151 Å². The molecule has 4 saturated carbocycles. The van der Waals surface area contributed by atoms with Gasteiger partial charge in [-0.2, -0.15) is 0 Å². The second kappa shape index (κ2) is 59.4. The minimum Gasteiger partial charge on any atom is -0.0622 e. The van der Waals surface area contributed by atoms with E-state index in [0.717, 1.165) is 4.11 Å². The molecule has 0 spiro atoms. The molecule has 13 aliphatic rings. The van der Waals surface area contributed by atoms with Crippen LogP contribution in [0.1, 0.15) is 299 Å². The van der Waals surface area contributed by atoms with Crippen LogP contribution in [-0.2, 0) is 28.7 Å². The number of hydrogen-bond donors (Lipinski definition) is 0. The van der Waals surface area contributed by atoms with Gasteiger partial charge < -0.3 is 0 Å². The zero-order valence-corrected chi connectivity index (χ0v) is 95.2. The van der Waals surface area contributed by atoms with Crippen molar-refractivity contribution < 1.29 is 28.7 Å². The van der Waals surface area contributed by atoms with E-state index in [0.29, 0.717) is 15.8 Å². The molecule has 12 fully saturated rings. The van der Waals surface area contributed by atoms with Crippen molar-refractivity contribution in [1.82, 2.24) is 0 Å². The van der Waals surface area contributed by atoms with Crippen LogP contribution in [0, 0.1) is 0 Å². The maximum Gasteiger partial charge on any atom is -0.0134 e. The Hall–Kier alpha value is -3.55. The molecule has 8 heterocycles. The molecule has 0 nitrogen and oxygen atoms in total. The molecule has 13 heteroatoms. The predicted octanol–water partition coefficient (Wildman–Crippen LogP) is 35.4. The smallest absolute Gasteiger partial charge is 0.0134 e. The van der Waals surface area contributed by atoms with Gasteiger partial charge in [0.25, 0.3) is 0 Å². The molecule has 11 aromatic rings. The molecular weight excluding hydrogens is 2060 g/mol. The number of hydrogen-bond acceptors (Lipinski definition) is 0. The Kier molecular flexibility index (Phi) is 46.2. The Bertz CT molecular complexity index is 4470. The zero-order chi connectivity index (χ0) is 94.3. The number of rotatable bonds is 14. The van der Waals surface area contributed by atoms with E-state index < -0.39 is 37.3 Å². The first-order chi connectivity index (χ1) is 68.3. The van der Waals surface area contributed by atoms with E-state index in [4.69, 9.17) is 38.8 Å². The van der Waals surface area contributed by atoms with Gasteiger partial charge in [0.15, 0.2) is 0 Å². The molecule has 11 aromatic carbocycles. The second-order valence-electron chi connectivity index (χ2n) is 41.1. The van der Waals surface area contributed by atoms with E-state index >= 15 is 0 Å². The summed E-state index contributed by atoms with van der Waals surface area (Å²) in [5.41, 5.74) is 19.7. The molecule has 8 aliphatic heterocycles. The summed E-state index contributed by atoms with van der Waals surface area (Å²) >= 11 is -2.23. The maximum atomic E-state index is 6.19. The third-order valence-electron chi connectivity index (χ3n) is 32.5. The first-order valence-electron chi connectivity index (χ1n) is 54.1. The van der Waals surface area contributed by atoms with Gasteiger partial charge in [-0.05, 0) is 311 Å². The van der Waals surface area contributed by atoms with Crippen LogP contribution in [-0.4, -0.2) is 72.0 Å². The van der Waals surface area contributed by atoms with Crippen LogP contribution < -0.4 is 47.7 Å². The van der Waals surface area contributed by atoms with Gasteiger partial charge in [-0.1, -0.05) is 366 Å². The third-order valence-corrected chi connectivity index (χ3v) is 60.3. The van der Waals surface area contributed by atoms with Crippen molar-refractivity contribution >= 4 is 152 Å². The van der Waals surface area contributed by atoms with Gasteiger partial charge >= 0.3 is 154 Å². The molecule has 0 aromatic heterocycles. The topological polar surface area (TPSA) is 0 Å². The summed E-state index contributed by atoms with van der Waals surface area (Å²) in [5, 5.41) is 12.6. The standard InChI is InChI=1S/3C18H15P.C15H10.4C14H25P.4ClH.2Ru/c3*1-4-10-16(11-5-1)19(17-12-6-2-7-13-17)18-14-8-3-9-15-18;1-2-6-12(7-3-1)15-11-10-13-8-4-5-9-14(13)15;3*1-2-6-12(7-3-1)15-13-8-4-9-14(15)11-5-10-13;1-2-6-12(7-3-1)15-13-8-4-5-9-14(15)11-10-13;;;;;;/h3*1-15H;1-9,11H;4*12-14H,1-11H2;4*1H;;/q;;;;;;;;;;;;2*+2/p-2. The van der Waals surface area contributed by atoms with Crippen LogP contribution in [0.15, 0.2) is 334 Å². The molecule has 2 unspecified atom stereocenters. The van der Waals surface area contributed by atoms with E-state index in [2.05, 4.69) is 309 Å². The number of fused-ring (bicyclic) bond motifs is 9. The summed E-state index contributed by atoms with van der Waals surface area (Å²) in [6, 6.07) is 116. The zero-order valence-electron chi connectivity index (χ0n) is 82.3. The molecule has 0 N–H and O–H groups in total. The predicted molar refractivity (Wildman–Crippen MR) is 622 cm³/mol. The van der Waals surface area contributed by atoms with Crippen LogP contribution >= 0.6 is 94.2 Å². The molecule has 734 valence electrons. The van der Waals surface area contributed by atoms with Crippen molar-refractivity contribution in [3.8, 4) is 0 Å². The SMILES string of the molecule is C1CCC(P2C3CCCC2CCC3)CC1.C1CCC(P2C3CCCCC2CC3)CC1.C1CCC([PH+]2C3CCCC2CCC3)CC1.C1CCC([PH+]2C3CCCC2CCC3)CC1.[Cl][Ru]([Cl])=[C]1C=C(c2ccccc2)c2ccccc21.[Cl][Ru][Cl].c1ccc(P(c2ccccc2)c2ccccc2)cc1.c1ccc(P(c2ccccc2)c2ccccc2)cc1.c1ccc(P(c2ccccc2)c2ccccc2)cc1. The normalized spacial score (nSPS) is 25.0. The summed E-state index contributed by atoms with van der Waals surface area (Å²) in [7, 11) is 21.8. The van der Waals surface area contributed by atoms with Gasteiger partial charge in [-0.3, -0.25) is 0 Å². The number of allylic oxidation sites excluding steroid dienone is 1. The van der Waals surface area contributed by atoms with Gasteiger partial charge in [0.05, 0.1) is 34.0 Å². The van der Waals surface area contributed by atoms with Gasteiger partial charge in [-0.15, -0.1) is 0 Å². The largest absolute Gasteiger partial charge is 0.0622 e. The van der Waals surface area contributed by atoms with E-state index in [1.807, 2.05) is 24.3 Å². The van der Waals surface area contributed by atoms with E-state index in [-0.39, 0.29) is 31.0 Å². The van der Waals surface area contributed by atoms with Gasteiger partial charge in [0, 0.05) is 15.8 Å². The molecule has 0 radical (unpaired) electrons. The van der Waals surface area contributed by atoms with Gasteiger partial charge in [-0.25, -0.2) is 0 Å². The quantitative estimate of drug-likeness (QED) is 0.0752. The first-order valence-corrected chi connectivity index (χ1v) is 74.5. The van der Waals surface area contributed by atoms with Crippen molar-refractivity contribution in [3.63, 3.8) is 0 Å². The summed E-state index contributed by atoms with van der Waals surface area (Å²) in [6.45, 7) is 0. The Balaban J connectivity index is 0.000000114. The Morgan fingerprint density at radius 1 is 0.210 bits per heavy atom. The average molecular weight is 2220 g/mol. The first kappa shape index (κ1) is 107. The fourth-order valence-corrected chi connectivity index (χ4v) is 55.7. The molecule has 0 amide bonds. The van der Waals surface area contributed by atoms with Crippen LogP contribution in [0.5, 0.6) is 0 Å². The Labute approximate surface area is 872 Å². The van der Waals surface area contributed by atoms with Crippen molar-refractivity contribution in [2.24, 2.45) is 0 Å². The van der Waals surface area contributed by atoms with Gasteiger partial charge in [0.1, 0.15) is 0 Å². The molecule has 8 saturated heterocycles. The molecule has 24 rings (SSSR count). The molecule has 8 bridgehead atoms. The Morgan fingerprint density at radius 2 is 0.384 bits per heavy atom. The summed E-state index contributed by atoms with van der Waals surface area (Å²) in [5.74, 6) is 0. The van der Waals surface area contributed by atoms with Crippen molar-refractivity contribution in [2.45, 2.75) is 350 Å². The fourth-order valence-electron chi connectivity index (χ4n) is 26.6. The molecule has 5 aliphatic carbocycles.